The predicted octanol–water partition coefficient (Wildman–Crippen LogP) is 4.43. The maximum atomic E-state index is 5.87. The van der Waals surface area contributed by atoms with E-state index in [4.69, 9.17) is 4.74 Å². The first-order valence-electron chi connectivity index (χ1n) is 6.22. The first-order valence-corrected chi connectivity index (χ1v) is 7.83. The van der Waals surface area contributed by atoms with Gasteiger partial charge in [-0.05, 0) is 56.3 Å². The van der Waals surface area contributed by atoms with E-state index in [-0.39, 0.29) is 0 Å². The number of ether oxygens (including phenoxy) is 1. The minimum atomic E-state index is 0.634. The summed E-state index contributed by atoms with van der Waals surface area (Å²) < 4.78 is 7.03. The summed E-state index contributed by atoms with van der Waals surface area (Å²) in [4.78, 5) is 2.59. The number of aryl methyl sites for hydroxylation is 2. The highest BCUT2D eigenvalue weighted by Crippen LogP contribution is 2.27. The van der Waals surface area contributed by atoms with Crippen LogP contribution in [0.25, 0.3) is 0 Å². The van der Waals surface area contributed by atoms with Crippen LogP contribution in [-0.4, -0.2) is 7.05 Å². The van der Waals surface area contributed by atoms with Crippen LogP contribution in [-0.2, 0) is 13.2 Å². The lowest BCUT2D eigenvalue weighted by molar-refractivity contribution is 0.309. The molecule has 1 aromatic heterocycles. The van der Waals surface area contributed by atoms with Crippen molar-refractivity contribution in [1.82, 2.24) is 5.32 Å². The minimum absolute atomic E-state index is 0.634. The zero-order chi connectivity index (χ0) is 13.8. The summed E-state index contributed by atoms with van der Waals surface area (Å²) >= 11 is 5.36. The fourth-order valence-electron chi connectivity index (χ4n) is 1.91. The number of rotatable bonds is 5. The summed E-state index contributed by atoms with van der Waals surface area (Å²) in [5, 5.41) is 3.16. The molecule has 0 fully saturated rings. The number of nitrogens with one attached hydrogen (secondary N) is 1. The summed E-state index contributed by atoms with van der Waals surface area (Å²) in [5.74, 6) is 0.932. The van der Waals surface area contributed by atoms with E-state index in [1.54, 1.807) is 11.3 Å². The van der Waals surface area contributed by atoms with Crippen molar-refractivity contribution in [3.8, 4) is 5.75 Å². The van der Waals surface area contributed by atoms with Crippen LogP contribution >= 0.6 is 27.3 Å². The van der Waals surface area contributed by atoms with Crippen molar-refractivity contribution in [1.29, 1.82) is 0 Å². The number of hydrogen-bond donors (Lipinski definition) is 1. The molecule has 0 saturated heterocycles. The maximum absolute atomic E-state index is 5.87. The van der Waals surface area contributed by atoms with Gasteiger partial charge >= 0.3 is 0 Å². The van der Waals surface area contributed by atoms with Gasteiger partial charge in [-0.15, -0.1) is 11.3 Å². The smallest absolute Gasteiger partial charge is 0.122 e. The Hall–Kier alpha value is -0.840. The zero-order valence-corrected chi connectivity index (χ0v) is 13.8. The van der Waals surface area contributed by atoms with E-state index >= 15 is 0 Å². The van der Waals surface area contributed by atoms with Crippen LogP contribution in [0.5, 0.6) is 5.75 Å². The predicted molar refractivity (Wildman–Crippen MR) is 85.0 cm³/mol. The normalized spacial score (nSPS) is 10.7. The third-order valence-corrected chi connectivity index (χ3v) is 5.17. The van der Waals surface area contributed by atoms with Crippen LogP contribution in [0.4, 0.5) is 0 Å². The van der Waals surface area contributed by atoms with Gasteiger partial charge in [0, 0.05) is 20.8 Å². The summed E-state index contributed by atoms with van der Waals surface area (Å²) in [7, 11) is 1.96. The first kappa shape index (κ1) is 14.6. The first-order chi connectivity index (χ1) is 9.10. The lowest BCUT2D eigenvalue weighted by atomic mass is 10.1. The number of thiophene rings is 1. The highest BCUT2D eigenvalue weighted by molar-refractivity contribution is 9.10. The van der Waals surface area contributed by atoms with Gasteiger partial charge in [-0.25, -0.2) is 0 Å². The van der Waals surface area contributed by atoms with Gasteiger partial charge in [-0.1, -0.05) is 15.9 Å². The molecule has 2 aromatic rings. The molecule has 0 aliphatic heterocycles. The van der Waals surface area contributed by atoms with Crippen molar-refractivity contribution in [2.24, 2.45) is 0 Å². The molecule has 4 heteroatoms. The van der Waals surface area contributed by atoms with Crippen molar-refractivity contribution in [3.63, 3.8) is 0 Å². The molecular weight excluding hydrogens is 322 g/mol. The average Bonchev–Trinajstić information content (AvgIpc) is 2.81. The van der Waals surface area contributed by atoms with Crippen LogP contribution in [0.15, 0.2) is 28.7 Å². The zero-order valence-electron chi connectivity index (χ0n) is 11.4. The van der Waals surface area contributed by atoms with Crippen molar-refractivity contribution in [2.75, 3.05) is 7.05 Å². The van der Waals surface area contributed by atoms with Crippen molar-refractivity contribution in [3.05, 3.63) is 49.6 Å². The largest absolute Gasteiger partial charge is 0.488 e. The van der Waals surface area contributed by atoms with Gasteiger partial charge in [0.2, 0.25) is 0 Å². The van der Waals surface area contributed by atoms with Gasteiger partial charge in [0.05, 0.1) is 0 Å². The molecule has 0 spiro atoms. The lowest BCUT2D eigenvalue weighted by Crippen LogP contribution is -2.02. The molecule has 2 nitrogen and oxygen atoms in total. The quantitative estimate of drug-likeness (QED) is 0.870. The molecule has 102 valence electrons. The molecule has 0 radical (unpaired) electrons. The third kappa shape index (κ3) is 3.81. The van der Waals surface area contributed by atoms with Crippen molar-refractivity contribution >= 4 is 27.3 Å². The van der Waals surface area contributed by atoms with Crippen LogP contribution in [0.1, 0.15) is 20.9 Å². The molecule has 2 rings (SSSR count). The number of hydrogen-bond acceptors (Lipinski definition) is 3. The summed E-state index contributed by atoms with van der Waals surface area (Å²) in [5.41, 5.74) is 2.41. The van der Waals surface area contributed by atoms with E-state index in [9.17, 15) is 0 Å². The van der Waals surface area contributed by atoms with Crippen LogP contribution in [0.2, 0.25) is 0 Å². The molecular formula is C15H18BrNOS. The van der Waals surface area contributed by atoms with Gasteiger partial charge in [0.15, 0.2) is 0 Å². The van der Waals surface area contributed by atoms with Gasteiger partial charge < -0.3 is 10.1 Å². The van der Waals surface area contributed by atoms with Crippen LogP contribution < -0.4 is 10.1 Å². The average molecular weight is 340 g/mol. The molecule has 0 aliphatic rings. The Balaban J connectivity index is 2.01. The molecule has 1 aromatic carbocycles. The Bertz CT molecular complexity index is 542. The number of benzene rings is 1. The van der Waals surface area contributed by atoms with Gasteiger partial charge in [-0.3, -0.25) is 0 Å². The van der Waals surface area contributed by atoms with Crippen LogP contribution in [0.3, 0.4) is 0 Å². The molecule has 0 aliphatic carbocycles. The topological polar surface area (TPSA) is 21.3 Å². The highest BCUT2D eigenvalue weighted by atomic mass is 79.9. The Labute approximate surface area is 126 Å². The second kappa shape index (κ2) is 6.55. The van der Waals surface area contributed by atoms with Gasteiger partial charge in [0.1, 0.15) is 12.4 Å². The molecule has 19 heavy (non-hydrogen) atoms. The number of halogens is 1. The molecule has 1 heterocycles. The second-order valence-corrected chi connectivity index (χ2v) is 6.60. The van der Waals surface area contributed by atoms with E-state index in [2.05, 4.69) is 59.4 Å². The minimum Gasteiger partial charge on any atom is -0.488 e. The highest BCUT2D eigenvalue weighted by Gasteiger charge is 2.05. The van der Waals surface area contributed by atoms with E-state index in [0.29, 0.717) is 6.61 Å². The van der Waals surface area contributed by atoms with Crippen molar-refractivity contribution < 1.29 is 4.74 Å². The van der Waals surface area contributed by atoms with E-state index in [0.717, 1.165) is 16.8 Å². The van der Waals surface area contributed by atoms with Crippen LogP contribution in [0, 0.1) is 13.8 Å². The molecule has 1 N–H and O–H groups in total. The second-order valence-electron chi connectivity index (χ2n) is 4.56. The Morgan fingerprint density at radius 2 is 1.79 bits per heavy atom. The summed E-state index contributed by atoms with van der Waals surface area (Å²) in [6.07, 6.45) is 0. The summed E-state index contributed by atoms with van der Waals surface area (Å²) in [6.45, 7) is 5.72. The fourth-order valence-corrected chi connectivity index (χ4v) is 3.09. The maximum Gasteiger partial charge on any atom is 0.122 e. The fraction of sp³-hybridized carbons (Fsp3) is 0.333. The molecule has 0 atom stereocenters. The van der Waals surface area contributed by atoms with Gasteiger partial charge in [0.25, 0.3) is 0 Å². The molecule has 0 amide bonds. The van der Waals surface area contributed by atoms with E-state index in [1.807, 2.05) is 7.05 Å². The standard InChI is InChI=1S/C15H18BrNOS/c1-10-6-12(7-11(2)15(10)16)18-9-14-5-4-13(19-14)8-17-3/h4-7,17H,8-9H2,1-3H3. The SMILES string of the molecule is CNCc1ccc(COc2cc(C)c(Br)c(C)c2)s1. The van der Waals surface area contributed by atoms with Crippen molar-refractivity contribution in [2.45, 2.75) is 27.0 Å². The third-order valence-electron chi connectivity index (χ3n) is 2.86. The Kier molecular flexibility index (Phi) is 5.02. The molecule has 0 saturated carbocycles. The molecule has 0 bridgehead atoms. The Morgan fingerprint density at radius 1 is 1.16 bits per heavy atom. The van der Waals surface area contributed by atoms with E-state index in [1.165, 1.54) is 20.9 Å². The Morgan fingerprint density at radius 3 is 2.42 bits per heavy atom. The lowest BCUT2D eigenvalue weighted by Gasteiger charge is -2.09. The van der Waals surface area contributed by atoms with E-state index < -0.39 is 0 Å². The summed E-state index contributed by atoms with van der Waals surface area (Å²) in [6, 6.07) is 8.42. The van der Waals surface area contributed by atoms with Gasteiger partial charge in [-0.2, -0.15) is 0 Å². The molecule has 0 unspecified atom stereocenters. The monoisotopic (exact) mass is 339 g/mol.